The van der Waals surface area contributed by atoms with Crippen molar-refractivity contribution in [2.75, 3.05) is 28.2 Å². The molecule has 17 nitrogen and oxygen atoms in total. The highest BCUT2D eigenvalue weighted by atomic mass is 19.1. The molecule has 0 saturated heterocycles. The Morgan fingerprint density at radius 3 is 1.09 bits per heavy atom. The van der Waals surface area contributed by atoms with Gasteiger partial charge in [0.15, 0.2) is 24.4 Å². The maximum atomic E-state index is 15.9. The highest BCUT2D eigenvalue weighted by Crippen LogP contribution is 2.30. The second-order valence-electron chi connectivity index (χ2n) is 27.3. The Morgan fingerprint density at radius 1 is 0.469 bits per heavy atom. The molecule has 0 saturated carbocycles. The first-order chi connectivity index (χ1) is 36.7. The summed E-state index contributed by atoms with van der Waals surface area (Å²) in [5, 5.41) is 12.3. The van der Waals surface area contributed by atoms with Gasteiger partial charge in [0.25, 0.3) is 17.7 Å². The third kappa shape index (κ3) is 23.4. The molecule has 0 aromatic heterocycles. The average molecular weight is 1140 g/mol. The van der Waals surface area contributed by atoms with Crippen LogP contribution in [0.2, 0.25) is 0 Å². The highest BCUT2D eigenvalue weighted by Gasteiger charge is 2.44. The van der Waals surface area contributed by atoms with Crippen molar-refractivity contribution in [2.45, 2.75) is 234 Å². The van der Waals surface area contributed by atoms with E-state index in [1.807, 2.05) is 98.7 Å². The summed E-state index contributed by atoms with van der Waals surface area (Å²) in [4.78, 5) is 115. The Labute approximate surface area is 480 Å². The van der Waals surface area contributed by atoms with Crippen LogP contribution in [0.25, 0.3) is 0 Å². The fraction of sp³-hybridized carbons (Fsp3) is 0.677. The average Bonchev–Trinajstić information content (AvgIpc) is 3.32. The molecule has 2 rings (SSSR count). The van der Waals surface area contributed by atoms with Crippen molar-refractivity contribution >= 4 is 47.6 Å². The smallest absolute Gasteiger partial charge is 0.344 e. The summed E-state index contributed by atoms with van der Waals surface area (Å²) < 4.78 is 53.7. The van der Waals surface area contributed by atoms with Gasteiger partial charge in [-0.1, -0.05) is 132 Å². The number of aliphatic carboxylic acids is 1. The van der Waals surface area contributed by atoms with Gasteiger partial charge in [-0.15, -0.1) is 0 Å². The summed E-state index contributed by atoms with van der Waals surface area (Å²) in [6.07, 6.45) is -7.69. The Hall–Kier alpha value is -5.98. The van der Waals surface area contributed by atoms with E-state index in [-0.39, 0.29) is 42.9 Å². The molecule has 2 N–H and O–H groups in total. The number of carbonyl (C=O) groups is 8. The summed E-state index contributed by atoms with van der Waals surface area (Å²) in [6, 6.07) is 9.04. The van der Waals surface area contributed by atoms with Crippen molar-refractivity contribution in [1.29, 1.82) is 0 Å². The molecule has 3 amide bonds. The third-order valence-corrected chi connectivity index (χ3v) is 13.7. The molecule has 0 unspecified atom stereocenters. The molecule has 0 heterocycles. The molecule has 19 heteroatoms. The van der Waals surface area contributed by atoms with Crippen LogP contribution in [0, 0.1) is 10.8 Å². The summed E-state index contributed by atoms with van der Waals surface area (Å²) in [6.45, 7) is 30.5. The summed E-state index contributed by atoms with van der Waals surface area (Å²) in [7, 11) is 5.30. The number of halogens is 2. The van der Waals surface area contributed by atoms with Gasteiger partial charge >= 0.3 is 29.8 Å². The molecule has 0 radical (unpaired) electrons. The number of esters is 4. The molecule has 456 valence electrons. The van der Waals surface area contributed by atoms with E-state index in [4.69, 9.17) is 18.9 Å². The van der Waals surface area contributed by atoms with Crippen molar-refractivity contribution in [2.24, 2.45) is 10.8 Å². The molecule has 0 aliphatic carbocycles. The van der Waals surface area contributed by atoms with E-state index in [1.54, 1.807) is 32.9 Å². The first-order valence-corrected chi connectivity index (χ1v) is 27.7. The lowest BCUT2D eigenvalue weighted by Gasteiger charge is -2.36. The first kappa shape index (κ1) is 71.1. The molecule has 0 spiro atoms. The predicted molar refractivity (Wildman–Crippen MR) is 306 cm³/mol. The van der Waals surface area contributed by atoms with Gasteiger partial charge in [0, 0.05) is 46.8 Å². The van der Waals surface area contributed by atoms with Crippen LogP contribution >= 0.6 is 0 Å². The number of hydrogen-bond acceptors (Lipinski definition) is 13. The van der Waals surface area contributed by atoms with Crippen molar-refractivity contribution in [3.63, 3.8) is 0 Å². The van der Waals surface area contributed by atoms with Gasteiger partial charge in [0.05, 0.1) is 0 Å². The molecule has 2 aromatic carbocycles. The fourth-order valence-corrected chi connectivity index (χ4v) is 8.86. The number of carboxylic acids is 1. The minimum Gasteiger partial charge on any atom is -0.479 e. The molecular formula is C62H96F2N4O13. The van der Waals surface area contributed by atoms with Gasteiger partial charge in [-0.05, 0) is 105 Å². The third-order valence-electron chi connectivity index (χ3n) is 13.7. The molecule has 0 bridgehead atoms. The van der Waals surface area contributed by atoms with E-state index in [9.17, 15) is 47.9 Å². The van der Waals surface area contributed by atoms with Crippen molar-refractivity contribution in [3.05, 3.63) is 70.8 Å². The first-order valence-electron chi connectivity index (χ1n) is 27.7. The number of likely N-dealkylation sites (N-methyl/N-ethyl adjacent to an activating group) is 4. The normalized spacial score (nSPS) is 15.6. The second kappa shape index (κ2) is 28.3. The Kier molecular flexibility index (Phi) is 24.9. The number of alkyl halides is 2. The number of carbonyl (C=O) groups excluding carboxylic acids is 7. The number of amides is 3. The van der Waals surface area contributed by atoms with Gasteiger partial charge in [0.2, 0.25) is 0 Å². The number of rotatable bonds is 26. The Morgan fingerprint density at radius 2 is 0.778 bits per heavy atom. The highest BCUT2D eigenvalue weighted by molar-refractivity contribution is 5.93. The molecular weight excluding hydrogens is 1050 g/mol. The van der Waals surface area contributed by atoms with Crippen molar-refractivity contribution in [3.8, 4) is 0 Å². The number of hydrogen-bond donors (Lipinski definition) is 2. The van der Waals surface area contributed by atoms with Gasteiger partial charge in [-0.2, -0.15) is 0 Å². The summed E-state index contributed by atoms with van der Waals surface area (Å²) in [5.74, 6) is -8.19. The van der Waals surface area contributed by atoms with Crippen LogP contribution in [0.3, 0.4) is 0 Å². The van der Waals surface area contributed by atoms with Crippen LogP contribution in [0.1, 0.15) is 173 Å². The number of benzene rings is 2. The van der Waals surface area contributed by atoms with E-state index in [1.165, 1.54) is 69.7 Å². The van der Waals surface area contributed by atoms with Gasteiger partial charge < -0.3 is 44.1 Å². The Bertz CT molecular complexity index is 2480. The molecule has 81 heavy (non-hydrogen) atoms. The van der Waals surface area contributed by atoms with E-state index in [0.29, 0.717) is 11.1 Å². The van der Waals surface area contributed by atoms with Crippen LogP contribution < -0.4 is 5.32 Å². The van der Waals surface area contributed by atoms with Crippen LogP contribution in [-0.2, 0) is 81.0 Å². The number of nitrogens with zero attached hydrogens (tertiary/aromatic N) is 3. The van der Waals surface area contributed by atoms with Gasteiger partial charge in [-0.25, -0.2) is 28.0 Å². The maximum absolute atomic E-state index is 15.9. The van der Waals surface area contributed by atoms with E-state index in [0.717, 1.165) is 25.8 Å². The fourth-order valence-electron chi connectivity index (χ4n) is 8.86. The monoisotopic (exact) mass is 1140 g/mol. The quantitative estimate of drug-likeness (QED) is 0.0664. The molecule has 0 aliphatic rings. The topological polar surface area (TPSA) is 215 Å². The van der Waals surface area contributed by atoms with Crippen LogP contribution in [0.4, 0.5) is 8.78 Å². The number of nitrogens with one attached hydrogen (secondary N) is 1. The SMILES string of the molecule is CN[C@@H](CC(C)(C)F)C(=O)O[C@H](Cc1ccc(C(C)(C)C)cc1)C(=O)N(C)[C@@H](CC(C)(C)C)C(=O)O[C@H](C)C(=O)N(C)[C@@H](CC(C)(C)F)C(=O)O[C@H](Cc1ccc(C(C)(C)C)cc1)C(=O)N(C)[C@@H](CC(C)(C)C)C(=O)O[C@H](C)C(=O)O. The molecule has 0 aliphatic heterocycles. The lowest BCUT2D eigenvalue weighted by molar-refractivity contribution is -0.175. The number of carboxylic acid groups (broad SMARTS) is 1. The lowest BCUT2D eigenvalue weighted by Crippen LogP contribution is -2.54. The second-order valence-corrected chi connectivity index (χ2v) is 27.3. The van der Waals surface area contributed by atoms with Gasteiger partial charge in [-0.3, -0.25) is 19.2 Å². The van der Waals surface area contributed by atoms with Crippen LogP contribution in [0.5, 0.6) is 0 Å². The lowest BCUT2D eigenvalue weighted by atomic mass is 9.86. The minimum atomic E-state index is -2.13. The predicted octanol–water partition coefficient (Wildman–Crippen LogP) is 9.06. The van der Waals surface area contributed by atoms with E-state index >= 15 is 4.39 Å². The number of ether oxygens (including phenoxy) is 4. The summed E-state index contributed by atoms with van der Waals surface area (Å²) >= 11 is 0. The molecule has 8 atom stereocenters. The van der Waals surface area contributed by atoms with Crippen molar-refractivity contribution < 1.29 is 71.2 Å². The zero-order valence-electron chi connectivity index (χ0n) is 52.4. The summed E-state index contributed by atoms with van der Waals surface area (Å²) in [5.41, 5.74) is -2.45. The maximum Gasteiger partial charge on any atom is 0.344 e. The zero-order valence-corrected chi connectivity index (χ0v) is 52.4. The molecule has 0 fully saturated rings. The standard InChI is InChI=1S/C62H96F2N4O13/c1-37(78-54(75)44(34-57(3,4)5)67(21)50(70)47(80-53(74)43(65-19)33-61(15,16)63)31-39-23-27-41(28-24-39)59(9,10)11)49(69)66(20)46(36-62(17,18)64)56(77)81-48(32-40-25-29-42(30-26-40)60(12,13)14)51(71)68(22)45(35-58(6,7)8)55(76)79-38(2)52(72)73/h23-30,37-38,43-48,65H,31-36H2,1-22H3,(H,72,73)/t37-,38-,43+,44+,45+,46+,47-,48-/m1/s1. The van der Waals surface area contributed by atoms with E-state index < -0.39 is 125 Å². The largest absolute Gasteiger partial charge is 0.479 e. The minimum absolute atomic E-state index is 0.00598. The zero-order chi connectivity index (χ0) is 62.7. The van der Waals surface area contributed by atoms with E-state index in [2.05, 4.69) is 5.32 Å². The van der Waals surface area contributed by atoms with Crippen LogP contribution in [-0.4, -0.2) is 155 Å². The van der Waals surface area contributed by atoms with Gasteiger partial charge in [0.1, 0.15) is 35.5 Å². The van der Waals surface area contributed by atoms with Crippen LogP contribution in [0.15, 0.2) is 48.5 Å². The molecule has 2 aromatic rings. The Balaban J connectivity index is 2.66. The van der Waals surface area contributed by atoms with Crippen molar-refractivity contribution in [1.82, 2.24) is 20.0 Å².